The number of pyridine rings is 1. The number of carbonyl (C=O) groups excluding carboxylic acids is 1. The van der Waals surface area contributed by atoms with Crippen LogP contribution in [0.25, 0.3) is 0 Å². The minimum absolute atomic E-state index is 0.102. The van der Waals surface area contributed by atoms with Gasteiger partial charge in [-0.05, 0) is 37.1 Å². The second-order valence-corrected chi connectivity index (χ2v) is 6.16. The van der Waals surface area contributed by atoms with Crippen LogP contribution in [0.2, 0.25) is 0 Å². The molecule has 0 radical (unpaired) electrons. The number of hydrogen-bond acceptors (Lipinski definition) is 5. The van der Waals surface area contributed by atoms with Crippen molar-refractivity contribution in [3.05, 3.63) is 46.2 Å². The lowest BCUT2D eigenvalue weighted by Crippen LogP contribution is -2.30. The third-order valence-electron chi connectivity index (χ3n) is 3.44. The molecule has 1 amide bonds. The van der Waals surface area contributed by atoms with Gasteiger partial charge in [0.15, 0.2) is 0 Å². The molecule has 0 saturated carbocycles. The van der Waals surface area contributed by atoms with Gasteiger partial charge in [0, 0.05) is 37.8 Å². The molecule has 0 spiro atoms. The summed E-state index contributed by atoms with van der Waals surface area (Å²) < 4.78 is 0. The maximum absolute atomic E-state index is 12.2. The van der Waals surface area contributed by atoms with Gasteiger partial charge in [-0.2, -0.15) is 0 Å². The number of nitrogens with two attached hydrogens (primary N) is 1. The minimum atomic E-state index is 0.102. The van der Waals surface area contributed by atoms with Gasteiger partial charge in [0.05, 0.1) is 17.1 Å². The molecule has 0 aliphatic carbocycles. The Kier molecular flexibility index (Phi) is 6.48. The van der Waals surface area contributed by atoms with Crippen molar-refractivity contribution in [2.24, 2.45) is 5.73 Å². The van der Waals surface area contributed by atoms with Crippen LogP contribution in [0, 0.1) is 0 Å². The van der Waals surface area contributed by atoms with E-state index < -0.39 is 0 Å². The zero-order valence-corrected chi connectivity index (χ0v) is 13.7. The van der Waals surface area contributed by atoms with Gasteiger partial charge in [-0.3, -0.25) is 9.78 Å². The Morgan fingerprint density at radius 2 is 2.09 bits per heavy atom. The van der Waals surface area contributed by atoms with Gasteiger partial charge in [0.25, 0.3) is 0 Å². The van der Waals surface area contributed by atoms with Crippen molar-refractivity contribution in [3.63, 3.8) is 0 Å². The molecule has 0 aliphatic rings. The SMILES string of the molecule is CN(CCc1ccncc1)C(=O)Cc1csc(CCCN)n1. The molecule has 0 bridgehead atoms. The average molecular weight is 318 g/mol. The Morgan fingerprint density at radius 1 is 1.32 bits per heavy atom. The largest absolute Gasteiger partial charge is 0.345 e. The van der Waals surface area contributed by atoms with Crippen molar-refractivity contribution in [1.82, 2.24) is 14.9 Å². The van der Waals surface area contributed by atoms with Crippen LogP contribution in [-0.4, -0.2) is 40.9 Å². The number of aromatic nitrogens is 2. The molecule has 2 rings (SSSR count). The Labute approximate surface area is 135 Å². The summed E-state index contributed by atoms with van der Waals surface area (Å²) in [5.41, 5.74) is 7.54. The van der Waals surface area contributed by atoms with Crippen LogP contribution in [0.1, 0.15) is 22.7 Å². The Bertz CT molecular complexity index is 585. The molecule has 2 aromatic rings. The fourth-order valence-electron chi connectivity index (χ4n) is 2.06. The highest BCUT2D eigenvalue weighted by Crippen LogP contribution is 2.13. The lowest BCUT2D eigenvalue weighted by atomic mass is 10.2. The van der Waals surface area contributed by atoms with Crippen molar-refractivity contribution in [2.75, 3.05) is 20.1 Å². The van der Waals surface area contributed by atoms with Crippen LogP contribution in [-0.2, 0) is 24.1 Å². The van der Waals surface area contributed by atoms with Crippen LogP contribution >= 0.6 is 11.3 Å². The summed E-state index contributed by atoms with van der Waals surface area (Å²) in [7, 11) is 1.84. The number of hydrogen-bond donors (Lipinski definition) is 1. The summed E-state index contributed by atoms with van der Waals surface area (Å²) in [6, 6.07) is 3.95. The van der Waals surface area contributed by atoms with Gasteiger partial charge in [0.2, 0.25) is 5.91 Å². The van der Waals surface area contributed by atoms with Crippen LogP contribution < -0.4 is 5.73 Å². The highest BCUT2D eigenvalue weighted by molar-refractivity contribution is 7.09. The summed E-state index contributed by atoms with van der Waals surface area (Å²) >= 11 is 1.61. The van der Waals surface area contributed by atoms with Crippen LogP contribution in [0.3, 0.4) is 0 Å². The van der Waals surface area contributed by atoms with Crippen LogP contribution in [0.15, 0.2) is 29.9 Å². The van der Waals surface area contributed by atoms with Gasteiger partial charge in [-0.15, -0.1) is 11.3 Å². The van der Waals surface area contributed by atoms with Crippen molar-refractivity contribution in [1.29, 1.82) is 0 Å². The molecule has 0 aliphatic heterocycles. The highest BCUT2D eigenvalue weighted by Gasteiger charge is 2.12. The lowest BCUT2D eigenvalue weighted by molar-refractivity contribution is -0.129. The molecular weight excluding hydrogens is 296 g/mol. The van der Waals surface area contributed by atoms with E-state index in [2.05, 4.69) is 9.97 Å². The number of aryl methyl sites for hydroxylation is 1. The first kappa shape index (κ1) is 16.6. The number of rotatable bonds is 8. The first-order chi connectivity index (χ1) is 10.7. The molecule has 0 aromatic carbocycles. The molecule has 0 saturated heterocycles. The molecule has 6 heteroatoms. The van der Waals surface area contributed by atoms with Crippen LogP contribution in [0.4, 0.5) is 0 Å². The van der Waals surface area contributed by atoms with Gasteiger partial charge >= 0.3 is 0 Å². The molecule has 2 heterocycles. The molecule has 118 valence electrons. The van der Waals surface area contributed by atoms with Crippen molar-refractivity contribution in [3.8, 4) is 0 Å². The molecule has 0 unspecified atom stereocenters. The Morgan fingerprint density at radius 3 is 2.82 bits per heavy atom. The van der Waals surface area contributed by atoms with Gasteiger partial charge in [-0.25, -0.2) is 4.98 Å². The van der Waals surface area contributed by atoms with E-state index in [4.69, 9.17) is 5.73 Å². The quantitative estimate of drug-likeness (QED) is 0.803. The number of thiazole rings is 1. The van der Waals surface area contributed by atoms with E-state index in [0.29, 0.717) is 19.5 Å². The topological polar surface area (TPSA) is 72.1 Å². The van der Waals surface area contributed by atoms with E-state index in [9.17, 15) is 4.79 Å². The van der Waals surface area contributed by atoms with E-state index in [1.165, 1.54) is 5.56 Å². The third kappa shape index (κ3) is 5.20. The fourth-order valence-corrected chi connectivity index (χ4v) is 2.90. The summed E-state index contributed by atoms with van der Waals surface area (Å²) in [5, 5.41) is 3.04. The summed E-state index contributed by atoms with van der Waals surface area (Å²) in [4.78, 5) is 22.5. The number of nitrogens with zero attached hydrogens (tertiary/aromatic N) is 3. The molecule has 2 aromatic heterocycles. The van der Waals surface area contributed by atoms with Crippen LogP contribution in [0.5, 0.6) is 0 Å². The highest BCUT2D eigenvalue weighted by atomic mass is 32.1. The standard InChI is InChI=1S/C16H22N4OS/c1-20(10-6-13-4-8-18-9-5-13)16(21)11-14-12-22-15(19-14)3-2-7-17/h4-5,8-9,12H,2-3,6-7,10-11,17H2,1H3. The minimum Gasteiger partial charge on any atom is -0.345 e. The van der Waals surface area contributed by atoms with E-state index in [0.717, 1.165) is 30.0 Å². The second-order valence-electron chi connectivity index (χ2n) is 5.22. The number of amides is 1. The lowest BCUT2D eigenvalue weighted by Gasteiger charge is -2.16. The number of likely N-dealkylation sites (N-methyl/N-ethyl adjacent to an activating group) is 1. The van der Waals surface area contributed by atoms with Gasteiger partial charge in [0.1, 0.15) is 0 Å². The summed E-state index contributed by atoms with van der Waals surface area (Å²) in [6.45, 7) is 1.37. The monoisotopic (exact) mass is 318 g/mol. The maximum atomic E-state index is 12.2. The smallest absolute Gasteiger partial charge is 0.228 e. The molecule has 0 fully saturated rings. The Balaban J connectivity index is 1.79. The van der Waals surface area contributed by atoms with Gasteiger partial charge < -0.3 is 10.6 Å². The van der Waals surface area contributed by atoms with Crippen molar-refractivity contribution in [2.45, 2.75) is 25.7 Å². The normalized spacial score (nSPS) is 10.6. The zero-order chi connectivity index (χ0) is 15.8. The third-order valence-corrected chi connectivity index (χ3v) is 4.39. The molecule has 2 N–H and O–H groups in total. The predicted molar refractivity (Wildman–Crippen MR) is 88.8 cm³/mol. The molecule has 0 atom stereocenters. The van der Waals surface area contributed by atoms with E-state index in [1.807, 2.05) is 24.6 Å². The van der Waals surface area contributed by atoms with E-state index in [-0.39, 0.29) is 5.91 Å². The summed E-state index contributed by atoms with van der Waals surface area (Å²) in [5.74, 6) is 0.102. The predicted octanol–water partition coefficient (Wildman–Crippen LogP) is 1.67. The van der Waals surface area contributed by atoms with E-state index >= 15 is 0 Å². The van der Waals surface area contributed by atoms with E-state index in [1.54, 1.807) is 28.6 Å². The zero-order valence-electron chi connectivity index (χ0n) is 12.9. The summed E-state index contributed by atoms with van der Waals surface area (Å²) in [6.07, 6.45) is 6.58. The fraction of sp³-hybridized carbons (Fsp3) is 0.438. The van der Waals surface area contributed by atoms with Gasteiger partial charge in [-0.1, -0.05) is 0 Å². The Hall–Kier alpha value is -1.79. The van der Waals surface area contributed by atoms with Crippen molar-refractivity contribution >= 4 is 17.2 Å². The second kappa shape index (κ2) is 8.60. The molecule has 5 nitrogen and oxygen atoms in total. The number of carbonyl (C=O) groups is 1. The average Bonchev–Trinajstić information content (AvgIpc) is 2.99. The first-order valence-corrected chi connectivity index (χ1v) is 8.33. The first-order valence-electron chi connectivity index (χ1n) is 7.45. The molecular formula is C16H22N4OS. The molecule has 22 heavy (non-hydrogen) atoms. The maximum Gasteiger partial charge on any atom is 0.228 e. The van der Waals surface area contributed by atoms with Crippen molar-refractivity contribution < 1.29 is 4.79 Å².